The number of halogens is 1. The second-order valence-electron chi connectivity index (χ2n) is 4.60. The summed E-state index contributed by atoms with van der Waals surface area (Å²) in [7, 11) is 1.93. The van der Waals surface area contributed by atoms with Gasteiger partial charge in [-0.15, -0.1) is 0 Å². The fourth-order valence-corrected chi connectivity index (χ4v) is 2.70. The highest BCUT2D eigenvalue weighted by Crippen LogP contribution is 2.24. The topological polar surface area (TPSA) is 53.1 Å². The first-order valence-electron chi connectivity index (χ1n) is 6.23. The minimum absolute atomic E-state index is 0.414. The molecule has 0 saturated heterocycles. The van der Waals surface area contributed by atoms with Gasteiger partial charge in [-0.25, -0.2) is 0 Å². The van der Waals surface area contributed by atoms with Gasteiger partial charge in [-0.3, -0.25) is 4.68 Å². The van der Waals surface area contributed by atoms with E-state index in [4.69, 9.17) is 10.5 Å². The van der Waals surface area contributed by atoms with Crippen molar-refractivity contribution in [2.45, 2.75) is 6.61 Å². The number of rotatable bonds is 3. The van der Waals surface area contributed by atoms with Gasteiger partial charge in [-0.05, 0) is 18.2 Å². The number of nitrogens with zero attached hydrogens (tertiary/aromatic N) is 2. The summed E-state index contributed by atoms with van der Waals surface area (Å²) in [5, 5.41) is 5.61. The van der Waals surface area contributed by atoms with Crippen LogP contribution >= 0.6 is 15.9 Å². The van der Waals surface area contributed by atoms with Gasteiger partial charge in [-0.2, -0.15) is 5.10 Å². The molecule has 3 rings (SSSR count). The van der Waals surface area contributed by atoms with Crippen molar-refractivity contribution >= 4 is 32.5 Å². The molecule has 5 heteroatoms. The van der Waals surface area contributed by atoms with Crippen LogP contribution in [0.15, 0.2) is 46.9 Å². The van der Waals surface area contributed by atoms with Crippen LogP contribution in [0.1, 0.15) is 5.69 Å². The van der Waals surface area contributed by atoms with Gasteiger partial charge in [0, 0.05) is 28.7 Å². The van der Waals surface area contributed by atoms with Crippen molar-refractivity contribution < 1.29 is 4.74 Å². The molecule has 102 valence electrons. The van der Waals surface area contributed by atoms with Crippen LogP contribution in [0, 0.1) is 0 Å². The molecule has 20 heavy (non-hydrogen) atoms. The van der Waals surface area contributed by atoms with Crippen LogP contribution in [-0.2, 0) is 13.7 Å². The summed E-state index contributed by atoms with van der Waals surface area (Å²) in [6, 6.07) is 13.6. The maximum atomic E-state index is 5.79. The van der Waals surface area contributed by atoms with Gasteiger partial charge < -0.3 is 10.5 Å². The molecule has 0 fully saturated rings. The Morgan fingerprint density at radius 1 is 1.25 bits per heavy atom. The van der Waals surface area contributed by atoms with Crippen LogP contribution in [-0.4, -0.2) is 9.78 Å². The van der Waals surface area contributed by atoms with Crippen LogP contribution in [0.25, 0.3) is 10.9 Å². The van der Waals surface area contributed by atoms with Crippen molar-refractivity contribution in [2.24, 2.45) is 7.05 Å². The van der Waals surface area contributed by atoms with Gasteiger partial charge >= 0.3 is 0 Å². The smallest absolute Gasteiger partial charge is 0.133 e. The number of para-hydroxylation sites is 1. The summed E-state index contributed by atoms with van der Waals surface area (Å²) in [5.41, 5.74) is 8.48. The number of fused-ring (bicyclic) bond motifs is 1. The van der Waals surface area contributed by atoms with E-state index in [2.05, 4.69) is 27.1 Å². The van der Waals surface area contributed by atoms with Crippen LogP contribution in [0.2, 0.25) is 0 Å². The molecule has 0 bridgehead atoms. The second kappa shape index (κ2) is 5.17. The molecule has 0 radical (unpaired) electrons. The molecule has 3 aromatic rings. The summed E-state index contributed by atoms with van der Waals surface area (Å²) in [4.78, 5) is 0. The highest BCUT2D eigenvalue weighted by molar-refractivity contribution is 9.10. The predicted octanol–water partition coefficient (Wildman–Crippen LogP) is 3.50. The van der Waals surface area contributed by atoms with E-state index in [0.29, 0.717) is 12.3 Å². The molecule has 0 saturated carbocycles. The van der Waals surface area contributed by atoms with Crippen molar-refractivity contribution in [1.29, 1.82) is 0 Å². The Balaban J connectivity index is 1.87. The van der Waals surface area contributed by atoms with Gasteiger partial charge in [0.1, 0.15) is 18.1 Å². The molecule has 0 aliphatic rings. The number of nitrogen functional groups attached to an aromatic ring is 1. The van der Waals surface area contributed by atoms with E-state index in [-0.39, 0.29) is 0 Å². The summed E-state index contributed by atoms with van der Waals surface area (Å²) >= 11 is 3.40. The lowest BCUT2D eigenvalue weighted by Crippen LogP contribution is -1.99. The number of nitrogens with two attached hydrogens (primary N) is 1. The molecule has 0 atom stereocenters. The standard InChI is InChI=1S/C15H14BrN3O/c1-19-15-5-3-2-4-13(15)14(18-19)9-20-12-7-10(16)6-11(17)8-12/h2-8H,9,17H2,1H3. The van der Waals surface area contributed by atoms with E-state index in [1.807, 2.05) is 42.1 Å². The number of ether oxygens (including phenoxy) is 1. The average molecular weight is 332 g/mol. The minimum Gasteiger partial charge on any atom is -0.487 e. The van der Waals surface area contributed by atoms with Crippen LogP contribution in [0.3, 0.4) is 0 Å². The van der Waals surface area contributed by atoms with Gasteiger partial charge in [0.15, 0.2) is 0 Å². The number of hydrogen-bond acceptors (Lipinski definition) is 3. The summed E-state index contributed by atoms with van der Waals surface area (Å²) in [5.74, 6) is 0.728. The SMILES string of the molecule is Cn1nc(COc2cc(N)cc(Br)c2)c2ccccc21. The Morgan fingerprint density at radius 3 is 2.85 bits per heavy atom. The molecule has 0 amide bonds. The maximum Gasteiger partial charge on any atom is 0.133 e. The third kappa shape index (κ3) is 2.49. The normalized spacial score (nSPS) is 10.9. The Hall–Kier alpha value is -2.01. The Morgan fingerprint density at radius 2 is 2.05 bits per heavy atom. The summed E-state index contributed by atoms with van der Waals surface area (Å²) < 4.78 is 8.55. The first-order chi connectivity index (χ1) is 9.63. The zero-order chi connectivity index (χ0) is 14.1. The third-order valence-corrected chi connectivity index (χ3v) is 3.56. The van der Waals surface area contributed by atoms with Crippen molar-refractivity contribution in [2.75, 3.05) is 5.73 Å². The molecule has 4 nitrogen and oxygen atoms in total. The van der Waals surface area contributed by atoms with E-state index < -0.39 is 0 Å². The number of benzene rings is 2. The van der Waals surface area contributed by atoms with Crippen LogP contribution in [0.4, 0.5) is 5.69 Å². The first kappa shape index (κ1) is 13.0. The number of hydrogen-bond donors (Lipinski definition) is 1. The minimum atomic E-state index is 0.414. The summed E-state index contributed by atoms with van der Waals surface area (Å²) in [6.45, 7) is 0.414. The molecule has 2 aromatic carbocycles. The fraction of sp³-hybridized carbons (Fsp3) is 0.133. The van der Waals surface area contributed by atoms with Crippen molar-refractivity contribution in [3.63, 3.8) is 0 Å². The average Bonchev–Trinajstić information content (AvgIpc) is 2.73. The molecular weight excluding hydrogens is 318 g/mol. The van der Waals surface area contributed by atoms with E-state index >= 15 is 0 Å². The van der Waals surface area contributed by atoms with Crippen LogP contribution < -0.4 is 10.5 Å². The Kier molecular flexibility index (Phi) is 3.36. The van der Waals surface area contributed by atoms with E-state index in [0.717, 1.165) is 26.8 Å². The summed E-state index contributed by atoms with van der Waals surface area (Å²) in [6.07, 6.45) is 0. The molecule has 2 N–H and O–H groups in total. The zero-order valence-electron chi connectivity index (χ0n) is 11.0. The van der Waals surface area contributed by atoms with Gasteiger partial charge in [0.25, 0.3) is 0 Å². The van der Waals surface area contributed by atoms with Gasteiger partial charge in [-0.1, -0.05) is 34.1 Å². The molecule has 0 aliphatic carbocycles. The fourth-order valence-electron chi connectivity index (χ4n) is 2.21. The lowest BCUT2D eigenvalue weighted by atomic mass is 10.2. The van der Waals surface area contributed by atoms with Crippen molar-refractivity contribution in [1.82, 2.24) is 9.78 Å². The Bertz CT molecular complexity index is 747. The maximum absolute atomic E-state index is 5.79. The quantitative estimate of drug-likeness (QED) is 0.747. The number of aromatic nitrogens is 2. The van der Waals surface area contributed by atoms with Crippen molar-refractivity contribution in [3.05, 3.63) is 52.6 Å². The highest BCUT2D eigenvalue weighted by atomic mass is 79.9. The molecule has 0 spiro atoms. The van der Waals surface area contributed by atoms with Gasteiger partial charge in [0.2, 0.25) is 0 Å². The second-order valence-corrected chi connectivity index (χ2v) is 5.51. The first-order valence-corrected chi connectivity index (χ1v) is 7.02. The monoisotopic (exact) mass is 331 g/mol. The predicted molar refractivity (Wildman–Crippen MR) is 83.6 cm³/mol. The molecule has 0 unspecified atom stereocenters. The van der Waals surface area contributed by atoms with Gasteiger partial charge in [0.05, 0.1) is 5.52 Å². The number of anilines is 1. The lowest BCUT2D eigenvalue weighted by Gasteiger charge is -2.06. The third-order valence-electron chi connectivity index (χ3n) is 3.10. The number of aryl methyl sites for hydroxylation is 1. The zero-order valence-corrected chi connectivity index (χ0v) is 12.6. The molecule has 1 aromatic heterocycles. The Labute approximate surface area is 125 Å². The van der Waals surface area contributed by atoms with E-state index in [1.165, 1.54) is 0 Å². The van der Waals surface area contributed by atoms with Crippen molar-refractivity contribution in [3.8, 4) is 5.75 Å². The molecule has 1 heterocycles. The highest BCUT2D eigenvalue weighted by Gasteiger charge is 2.08. The van der Waals surface area contributed by atoms with E-state index in [1.54, 1.807) is 6.07 Å². The van der Waals surface area contributed by atoms with Crippen LogP contribution in [0.5, 0.6) is 5.75 Å². The molecular formula is C15H14BrN3O. The molecule has 0 aliphatic heterocycles. The van der Waals surface area contributed by atoms with E-state index in [9.17, 15) is 0 Å². The lowest BCUT2D eigenvalue weighted by molar-refractivity contribution is 0.301. The largest absolute Gasteiger partial charge is 0.487 e.